The van der Waals surface area contributed by atoms with Crippen LogP contribution in [0.15, 0.2) is 51.7 Å². The molecule has 3 heterocycles. The van der Waals surface area contributed by atoms with E-state index < -0.39 is 7.92 Å². The predicted octanol–water partition coefficient (Wildman–Crippen LogP) is 3.32. The van der Waals surface area contributed by atoms with Crippen molar-refractivity contribution in [2.75, 3.05) is 42.3 Å². The number of nitrogens with zero attached hydrogens (tertiary/aromatic N) is 6. The molecular weight excluding hydrogens is 463 g/mol. The highest BCUT2D eigenvalue weighted by molar-refractivity contribution is 7.91. The van der Waals surface area contributed by atoms with Crippen LogP contribution in [0, 0.1) is 0 Å². The molecule has 3 rings (SSSR count). The van der Waals surface area contributed by atoms with Gasteiger partial charge in [0.25, 0.3) is 0 Å². The zero-order chi connectivity index (χ0) is 22.4. The van der Waals surface area contributed by atoms with Gasteiger partial charge in [0.2, 0.25) is 0 Å². The van der Waals surface area contributed by atoms with Crippen molar-refractivity contribution in [3.8, 4) is 0 Å². The van der Waals surface area contributed by atoms with E-state index in [9.17, 15) is 0 Å². The standard InChI is InChI=1S/C21H27N6PS3/c1-25(2)22-13-16-7-10-19(29-16)28(20-11-8-17(30-20)14-23-26(3)4)21-12-9-18(31-21)15-24-27(5)6/h7-15H,1-6H3/b22-13-,23-14-,24-15+. The average molecular weight is 491 g/mol. The smallest absolute Gasteiger partial charge is 0.0642 e. The molecule has 0 amide bonds. The quantitative estimate of drug-likeness (QED) is 0.263. The van der Waals surface area contributed by atoms with Gasteiger partial charge in [-0.1, -0.05) is 0 Å². The third-order valence-electron chi connectivity index (χ3n) is 3.75. The molecule has 0 unspecified atom stereocenters. The molecule has 0 aliphatic heterocycles. The number of thiophene rings is 3. The van der Waals surface area contributed by atoms with E-state index in [1.54, 1.807) is 0 Å². The second kappa shape index (κ2) is 11.0. The lowest BCUT2D eigenvalue weighted by Gasteiger charge is -2.12. The molecular formula is C21H27N6PS3. The van der Waals surface area contributed by atoms with E-state index in [0.29, 0.717) is 0 Å². The molecule has 6 nitrogen and oxygen atoms in total. The lowest BCUT2D eigenvalue weighted by molar-refractivity contribution is 0.440. The normalized spacial score (nSPS) is 12.1. The summed E-state index contributed by atoms with van der Waals surface area (Å²) in [6.45, 7) is 0. The first-order valence-corrected chi connectivity index (χ1v) is 13.3. The van der Waals surface area contributed by atoms with Crippen LogP contribution in [0.2, 0.25) is 0 Å². The maximum atomic E-state index is 4.39. The van der Waals surface area contributed by atoms with Gasteiger partial charge in [0.1, 0.15) is 0 Å². The maximum Gasteiger partial charge on any atom is 0.0642 e. The largest absolute Gasteiger partial charge is 0.303 e. The summed E-state index contributed by atoms with van der Waals surface area (Å²) < 4.78 is 4.10. The number of hydrogen-bond acceptors (Lipinski definition) is 9. The van der Waals surface area contributed by atoms with E-state index in [0.717, 1.165) is 14.6 Å². The van der Waals surface area contributed by atoms with E-state index in [-0.39, 0.29) is 0 Å². The molecule has 0 atom stereocenters. The summed E-state index contributed by atoms with van der Waals surface area (Å²) in [5, 5.41) is 18.6. The first-order chi connectivity index (χ1) is 14.8. The van der Waals surface area contributed by atoms with Gasteiger partial charge in [-0.25, -0.2) is 0 Å². The molecule has 164 valence electrons. The van der Waals surface area contributed by atoms with Gasteiger partial charge in [0, 0.05) is 78.7 Å². The summed E-state index contributed by atoms with van der Waals surface area (Å²) in [6, 6.07) is 13.2. The maximum absolute atomic E-state index is 4.39. The Morgan fingerprint density at radius 2 is 0.839 bits per heavy atom. The van der Waals surface area contributed by atoms with Crippen molar-refractivity contribution < 1.29 is 0 Å². The van der Waals surface area contributed by atoms with Crippen LogP contribution in [0.3, 0.4) is 0 Å². The predicted molar refractivity (Wildman–Crippen MR) is 143 cm³/mol. The van der Waals surface area contributed by atoms with Crippen LogP contribution in [0.1, 0.15) is 14.6 Å². The number of hydrazone groups is 3. The fourth-order valence-corrected chi connectivity index (χ4v) is 9.94. The molecule has 0 aromatic carbocycles. The van der Waals surface area contributed by atoms with Gasteiger partial charge in [-0.2, -0.15) is 15.3 Å². The highest BCUT2D eigenvalue weighted by Crippen LogP contribution is 2.39. The Labute approximate surface area is 197 Å². The third kappa shape index (κ3) is 6.97. The zero-order valence-corrected chi connectivity index (χ0v) is 21.9. The van der Waals surface area contributed by atoms with Crippen molar-refractivity contribution in [2.45, 2.75) is 0 Å². The Balaban J connectivity index is 1.97. The van der Waals surface area contributed by atoms with Crippen LogP contribution in [0.25, 0.3) is 0 Å². The molecule has 3 aromatic heterocycles. The SMILES string of the molecule is CN(C)/N=C\c1ccc(P(c2ccc(/C=N\N(C)C)s2)c2ccc(/C=N/N(C)C)s2)s1. The molecule has 0 radical (unpaired) electrons. The van der Waals surface area contributed by atoms with Gasteiger partial charge in [-0.05, 0) is 36.4 Å². The van der Waals surface area contributed by atoms with E-state index in [2.05, 4.69) is 51.7 Å². The van der Waals surface area contributed by atoms with Crippen molar-refractivity contribution >= 4 is 74.4 Å². The molecule has 0 spiro atoms. The molecule has 0 fully saturated rings. The summed E-state index contributed by atoms with van der Waals surface area (Å²) in [7, 11) is 11.0. The minimum absolute atomic E-state index is 0.632. The van der Waals surface area contributed by atoms with Crippen LogP contribution in [0.5, 0.6) is 0 Å². The Hall–Kier alpha value is -2.06. The molecule has 10 heteroatoms. The van der Waals surface area contributed by atoms with Gasteiger partial charge in [-0.15, -0.1) is 34.0 Å². The summed E-state index contributed by atoms with van der Waals surface area (Å²) >= 11 is 5.43. The fraction of sp³-hybridized carbons (Fsp3) is 0.286. The zero-order valence-electron chi connectivity index (χ0n) is 18.6. The van der Waals surface area contributed by atoms with Crippen molar-refractivity contribution in [3.05, 3.63) is 51.0 Å². The third-order valence-corrected chi connectivity index (χ3v) is 10.4. The number of hydrogen-bond donors (Lipinski definition) is 0. The molecule has 0 aliphatic carbocycles. The summed E-state index contributed by atoms with van der Waals surface area (Å²) in [5.74, 6) is 0. The highest BCUT2D eigenvalue weighted by Gasteiger charge is 2.22. The van der Waals surface area contributed by atoms with Gasteiger partial charge in [0.05, 0.1) is 18.6 Å². The van der Waals surface area contributed by atoms with E-state index in [1.165, 1.54) is 13.9 Å². The van der Waals surface area contributed by atoms with Crippen molar-refractivity contribution in [3.63, 3.8) is 0 Å². The summed E-state index contributed by atoms with van der Waals surface area (Å²) in [5.41, 5.74) is 0. The second-order valence-electron chi connectivity index (χ2n) is 7.14. The first-order valence-electron chi connectivity index (χ1n) is 9.55. The van der Waals surface area contributed by atoms with E-state index >= 15 is 0 Å². The van der Waals surface area contributed by atoms with Crippen LogP contribution in [-0.4, -0.2) is 76.0 Å². The molecule has 3 aromatic rings. The topological polar surface area (TPSA) is 46.8 Å². The van der Waals surface area contributed by atoms with Crippen LogP contribution < -0.4 is 13.9 Å². The Bertz CT molecular complexity index is 927. The van der Waals surface area contributed by atoms with Gasteiger partial charge >= 0.3 is 0 Å². The Kier molecular flexibility index (Phi) is 8.37. The molecule has 0 aliphatic rings. The second-order valence-corrected chi connectivity index (χ2v) is 13.5. The van der Waals surface area contributed by atoms with Gasteiger partial charge < -0.3 is 15.0 Å². The molecule has 0 bridgehead atoms. The molecule has 0 N–H and O–H groups in total. The Morgan fingerprint density at radius 1 is 0.548 bits per heavy atom. The Morgan fingerprint density at radius 3 is 1.10 bits per heavy atom. The monoisotopic (exact) mass is 490 g/mol. The lowest BCUT2D eigenvalue weighted by atomic mass is 10.5. The van der Waals surface area contributed by atoms with E-state index in [4.69, 9.17) is 0 Å². The van der Waals surface area contributed by atoms with Gasteiger partial charge in [0.15, 0.2) is 0 Å². The fourth-order valence-electron chi connectivity index (χ4n) is 2.44. The molecule has 31 heavy (non-hydrogen) atoms. The lowest BCUT2D eigenvalue weighted by Crippen LogP contribution is -2.13. The van der Waals surface area contributed by atoms with E-state index in [1.807, 2.05) is 110 Å². The molecule has 0 saturated heterocycles. The van der Waals surface area contributed by atoms with Gasteiger partial charge in [-0.3, -0.25) is 0 Å². The minimum Gasteiger partial charge on any atom is -0.303 e. The first kappa shape index (κ1) is 23.6. The molecule has 0 saturated carbocycles. The average Bonchev–Trinajstić information content (AvgIpc) is 3.45. The van der Waals surface area contributed by atoms with Crippen LogP contribution >= 0.6 is 41.9 Å². The van der Waals surface area contributed by atoms with Crippen molar-refractivity contribution in [1.29, 1.82) is 0 Å². The summed E-state index contributed by atoms with van der Waals surface area (Å²) in [4.78, 5) is 3.48. The van der Waals surface area contributed by atoms with Crippen LogP contribution in [-0.2, 0) is 0 Å². The summed E-state index contributed by atoms with van der Waals surface area (Å²) in [6.07, 6.45) is 5.78. The number of rotatable bonds is 9. The highest BCUT2D eigenvalue weighted by atomic mass is 32.1. The van der Waals surface area contributed by atoms with Crippen molar-refractivity contribution in [1.82, 2.24) is 15.0 Å². The van der Waals surface area contributed by atoms with Crippen molar-refractivity contribution in [2.24, 2.45) is 15.3 Å². The van der Waals surface area contributed by atoms with Crippen LogP contribution in [0.4, 0.5) is 0 Å². The minimum atomic E-state index is -0.632.